The van der Waals surface area contributed by atoms with E-state index < -0.39 is 0 Å². The molecule has 1 unspecified atom stereocenters. The highest BCUT2D eigenvalue weighted by molar-refractivity contribution is 5.78. The zero-order valence-electron chi connectivity index (χ0n) is 12.7. The molecule has 1 aromatic rings. The molecule has 0 spiro atoms. The van der Waals surface area contributed by atoms with Crippen LogP contribution in [-0.2, 0) is 11.2 Å². The Bertz CT molecular complexity index is 496. The van der Waals surface area contributed by atoms with Crippen LogP contribution in [0.2, 0.25) is 0 Å². The topological polar surface area (TPSA) is 84.3 Å². The van der Waals surface area contributed by atoms with Crippen LogP contribution in [0.25, 0.3) is 0 Å². The number of benzene rings is 1. The number of nitro benzene ring substituents is 1. The lowest BCUT2D eigenvalue weighted by atomic mass is 9.99. The van der Waals surface area contributed by atoms with E-state index in [2.05, 4.69) is 10.6 Å². The number of nitrogens with one attached hydrogen (secondary N) is 2. The molecule has 6 nitrogen and oxygen atoms in total. The number of rotatable bonds is 7. The number of carbonyl (C=O) groups is 1. The molecule has 0 aromatic heterocycles. The van der Waals surface area contributed by atoms with Crippen molar-refractivity contribution in [1.29, 1.82) is 0 Å². The predicted molar refractivity (Wildman–Crippen MR) is 84.6 cm³/mol. The van der Waals surface area contributed by atoms with Gasteiger partial charge in [0.05, 0.1) is 10.8 Å². The van der Waals surface area contributed by atoms with Crippen LogP contribution in [0.4, 0.5) is 5.69 Å². The summed E-state index contributed by atoms with van der Waals surface area (Å²) in [7, 11) is 0. The summed E-state index contributed by atoms with van der Waals surface area (Å²) in [6.45, 7) is 2.50. The third-order valence-electron chi connectivity index (χ3n) is 4.01. The average Bonchev–Trinajstić information content (AvgIpc) is 2.55. The first kappa shape index (κ1) is 16.4. The number of carbonyl (C=O) groups excluding carboxylic acids is 1. The Balaban J connectivity index is 1.60. The van der Waals surface area contributed by atoms with Gasteiger partial charge in [-0.15, -0.1) is 0 Å². The highest BCUT2D eigenvalue weighted by atomic mass is 16.6. The molecule has 1 atom stereocenters. The van der Waals surface area contributed by atoms with Gasteiger partial charge in [0, 0.05) is 25.2 Å². The number of aryl methyl sites for hydroxylation is 1. The SMILES string of the molecule is O=C(NCCCCc1ccc([N+](=O)[O-])cc1)C1CCCNC1. The molecule has 1 aromatic carbocycles. The van der Waals surface area contributed by atoms with Crippen molar-refractivity contribution in [3.63, 3.8) is 0 Å². The fourth-order valence-corrected chi connectivity index (χ4v) is 2.67. The minimum absolute atomic E-state index is 0.114. The molecule has 1 amide bonds. The quantitative estimate of drug-likeness (QED) is 0.458. The highest BCUT2D eigenvalue weighted by Crippen LogP contribution is 2.13. The normalized spacial score (nSPS) is 17.9. The lowest BCUT2D eigenvalue weighted by Crippen LogP contribution is -2.40. The van der Waals surface area contributed by atoms with Crippen molar-refractivity contribution in [3.8, 4) is 0 Å². The van der Waals surface area contributed by atoms with Gasteiger partial charge in [0.15, 0.2) is 0 Å². The van der Waals surface area contributed by atoms with Crippen molar-refractivity contribution < 1.29 is 9.72 Å². The van der Waals surface area contributed by atoms with Gasteiger partial charge >= 0.3 is 0 Å². The van der Waals surface area contributed by atoms with Gasteiger partial charge in [-0.1, -0.05) is 12.1 Å². The molecule has 1 aliphatic heterocycles. The summed E-state index contributed by atoms with van der Waals surface area (Å²) < 4.78 is 0. The maximum absolute atomic E-state index is 11.9. The Morgan fingerprint density at radius 3 is 2.73 bits per heavy atom. The van der Waals surface area contributed by atoms with Crippen LogP contribution >= 0.6 is 0 Å². The van der Waals surface area contributed by atoms with Gasteiger partial charge in [0.1, 0.15) is 0 Å². The number of nitro groups is 1. The van der Waals surface area contributed by atoms with Gasteiger partial charge in [-0.3, -0.25) is 14.9 Å². The monoisotopic (exact) mass is 305 g/mol. The summed E-state index contributed by atoms with van der Waals surface area (Å²) in [6.07, 6.45) is 4.79. The fourth-order valence-electron chi connectivity index (χ4n) is 2.67. The minimum Gasteiger partial charge on any atom is -0.356 e. The molecule has 1 heterocycles. The zero-order chi connectivity index (χ0) is 15.8. The van der Waals surface area contributed by atoms with E-state index in [1.165, 1.54) is 12.1 Å². The average molecular weight is 305 g/mol. The van der Waals surface area contributed by atoms with E-state index >= 15 is 0 Å². The van der Waals surface area contributed by atoms with Crippen LogP contribution in [-0.4, -0.2) is 30.5 Å². The second-order valence-corrected chi connectivity index (χ2v) is 5.71. The molecule has 120 valence electrons. The van der Waals surface area contributed by atoms with Gasteiger partial charge in [-0.25, -0.2) is 0 Å². The van der Waals surface area contributed by atoms with E-state index in [1.807, 2.05) is 0 Å². The van der Waals surface area contributed by atoms with Gasteiger partial charge < -0.3 is 10.6 Å². The summed E-state index contributed by atoms with van der Waals surface area (Å²) in [4.78, 5) is 22.1. The number of nitrogens with zero attached hydrogens (tertiary/aromatic N) is 1. The molecular weight excluding hydrogens is 282 g/mol. The summed E-state index contributed by atoms with van der Waals surface area (Å²) in [6, 6.07) is 6.66. The van der Waals surface area contributed by atoms with E-state index in [4.69, 9.17) is 0 Å². The first-order valence-electron chi connectivity index (χ1n) is 7.88. The standard InChI is InChI=1S/C16H23N3O3/c20-16(14-5-3-10-17-12-14)18-11-2-1-4-13-6-8-15(9-7-13)19(21)22/h6-9,14,17H,1-5,10-12H2,(H,18,20). The molecule has 0 saturated carbocycles. The van der Waals surface area contributed by atoms with Crippen molar-refractivity contribution in [3.05, 3.63) is 39.9 Å². The van der Waals surface area contributed by atoms with Gasteiger partial charge in [-0.05, 0) is 44.2 Å². The molecule has 6 heteroatoms. The Kier molecular flexibility index (Phi) is 6.33. The molecule has 1 fully saturated rings. The smallest absolute Gasteiger partial charge is 0.269 e. The van der Waals surface area contributed by atoms with E-state index in [9.17, 15) is 14.9 Å². The zero-order valence-corrected chi connectivity index (χ0v) is 12.7. The van der Waals surface area contributed by atoms with Gasteiger partial charge in [-0.2, -0.15) is 0 Å². The number of hydrogen-bond acceptors (Lipinski definition) is 4. The number of non-ortho nitro benzene ring substituents is 1. The molecule has 1 aliphatic rings. The van der Waals surface area contributed by atoms with Crippen molar-refractivity contribution in [1.82, 2.24) is 10.6 Å². The Morgan fingerprint density at radius 2 is 2.09 bits per heavy atom. The van der Waals surface area contributed by atoms with Crippen LogP contribution in [0.5, 0.6) is 0 Å². The number of hydrogen-bond donors (Lipinski definition) is 2. The van der Waals surface area contributed by atoms with Crippen LogP contribution in [0.3, 0.4) is 0 Å². The third-order valence-corrected chi connectivity index (χ3v) is 4.01. The van der Waals surface area contributed by atoms with Crippen LogP contribution in [0.15, 0.2) is 24.3 Å². The Hall–Kier alpha value is -1.95. The van der Waals surface area contributed by atoms with E-state index in [1.54, 1.807) is 12.1 Å². The third kappa shape index (κ3) is 5.11. The van der Waals surface area contributed by atoms with Crippen molar-refractivity contribution in [2.24, 2.45) is 5.92 Å². The summed E-state index contributed by atoms with van der Waals surface area (Å²) in [5, 5.41) is 16.8. The molecular formula is C16H23N3O3. The second kappa shape index (κ2) is 8.48. The van der Waals surface area contributed by atoms with Crippen LogP contribution < -0.4 is 10.6 Å². The highest BCUT2D eigenvalue weighted by Gasteiger charge is 2.19. The van der Waals surface area contributed by atoms with E-state index in [-0.39, 0.29) is 22.4 Å². The van der Waals surface area contributed by atoms with Crippen LogP contribution in [0, 0.1) is 16.0 Å². The van der Waals surface area contributed by atoms with Crippen molar-refractivity contribution in [2.45, 2.75) is 32.1 Å². The molecule has 2 N–H and O–H groups in total. The summed E-state index contributed by atoms with van der Waals surface area (Å²) >= 11 is 0. The fraction of sp³-hybridized carbons (Fsp3) is 0.562. The Morgan fingerprint density at radius 1 is 1.32 bits per heavy atom. The number of unbranched alkanes of at least 4 members (excludes halogenated alkanes) is 1. The maximum atomic E-state index is 11.9. The predicted octanol–water partition coefficient (Wildman–Crippen LogP) is 2.03. The molecule has 0 aliphatic carbocycles. The van der Waals surface area contributed by atoms with E-state index in [0.717, 1.165) is 50.8 Å². The van der Waals surface area contributed by atoms with E-state index in [0.29, 0.717) is 6.54 Å². The first-order chi connectivity index (χ1) is 10.7. The lowest BCUT2D eigenvalue weighted by molar-refractivity contribution is -0.384. The maximum Gasteiger partial charge on any atom is 0.269 e. The van der Waals surface area contributed by atoms with Crippen molar-refractivity contribution >= 4 is 11.6 Å². The molecule has 2 rings (SSSR count). The largest absolute Gasteiger partial charge is 0.356 e. The van der Waals surface area contributed by atoms with Crippen molar-refractivity contribution in [2.75, 3.05) is 19.6 Å². The van der Waals surface area contributed by atoms with Crippen LogP contribution in [0.1, 0.15) is 31.2 Å². The number of piperidine rings is 1. The Labute approximate surface area is 130 Å². The lowest BCUT2D eigenvalue weighted by Gasteiger charge is -2.21. The number of amides is 1. The van der Waals surface area contributed by atoms with Gasteiger partial charge in [0.2, 0.25) is 5.91 Å². The summed E-state index contributed by atoms with van der Waals surface area (Å²) in [5.74, 6) is 0.269. The molecule has 22 heavy (non-hydrogen) atoms. The minimum atomic E-state index is -0.389. The van der Waals surface area contributed by atoms with Gasteiger partial charge in [0.25, 0.3) is 5.69 Å². The second-order valence-electron chi connectivity index (χ2n) is 5.71. The first-order valence-corrected chi connectivity index (χ1v) is 7.88. The molecule has 1 saturated heterocycles. The molecule has 0 radical (unpaired) electrons. The molecule has 0 bridgehead atoms. The summed E-state index contributed by atoms with van der Waals surface area (Å²) in [5.41, 5.74) is 1.21.